The molecule has 5 nitrogen and oxygen atoms in total. The molecule has 3 N–H and O–H groups in total. The van der Waals surface area contributed by atoms with E-state index in [1.54, 1.807) is 0 Å². The van der Waals surface area contributed by atoms with Crippen LogP contribution in [-0.4, -0.2) is 29.2 Å². The Morgan fingerprint density at radius 1 is 1.32 bits per heavy atom. The second kappa shape index (κ2) is 7.03. The maximum atomic E-state index is 11.8. The van der Waals surface area contributed by atoms with Crippen molar-refractivity contribution in [2.24, 2.45) is 11.8 Å². The zero-order chi connectivity index (χ0) is 14.4. The van der Waals surface area contributed by atoms with Gasteiger partial charge in [0, 0.05) is 12.5 Å². The van der Waals surface area contributed by atoms with Crippen LogP contribution in [0.3, 0.4) is 0 Å². The average molecular weight is 266 g/mol. The molecular weight excluding hydrogens is 244 g/mol. The fourth-order valence-corrected chi connectivity index (χ4v) is 2.77. The Hall–Kier alpha value is -1.70. The lowest BCUT2D eigenvalue weighted by Crippen LogP contribution is -2.50. The zero-order valence-corrected chi connectivity index (χ0v) is 11.5. The number of rotatable bonds is 4. The third-order valence-electron chi connectivity index (χ3n) is 3.44. The fraction of sp³-hybridized carbons (Fsp3) is 0.714. The third kappa shape index (κ3) is 5.21. The maximum absolute atomic E-state index is 11.8. The predicted octanol–water partition coefficient (Wildman–Crippen LogP) is 1.59. The van der Waals surface area contributed by atoms with Crippen LogP contribution in [0.4, 0.5) is 4.79 Å². The summed E-state index contributed by atoms with van der Waals surface area (Å²) in [6.45, 7) is 4.33. The number of hydrogen-bond donors (Lipinski definition) is 3. The minimum Gasteiger partial charge on any atom is -0.480 e. The first-order valence-electron chi connectivity index (χ1n) is 6.65. The van der Waals surface area contributed by atoms with E-state index in [0.29, 0.717) is 11.8 Å². The molecule has 0 saturated heterocycles. The molecule has 0 aromatic carbocycles. The quantitative estimate of drug-likeness (QED) is 0.676. The summed E-state index contributed by atoms with van der Waals surface area (Å²) in [7, 11) is 0. The summed E-state index contributed by atoms with van der Waals surface area (Å²) in [5, 5.41) is 14.1. The van der Waals surface area contributed by atoms with Gasteiger partial charge in [-0.15, -0.1) is 12.3 Å². The van der Waals surface area contributed by atoms with Crippen LogP contribution in [-0.2, 0) is 4.79 Å². The lowest BCUT2D eigenvalue weighted by Gasteiger charge is -2.32. The van der Waals surface area contributed by atoms with Crippen LogP contribution in [0.1, 0.15) is 39.5 Å². The molecule has 106 valence electrons. The summed E-state index contributed by atoms with van der Waals surface area (Å²) in [5.41, 5.74) is 0. The topological polar surface area (TPSA) is 78.4 Å². The van der Waals surface area contributed by atoms with Crippen molar-refractivity contribution in [2.75, 3.05) is 0 Å². The molecule has 0 spiro atoms. The van der Waals surface area contributed by atoms with Gasteiger partial charge >= 0.3 is 12.0 Å². The molecule has 0 aliphatic heterocycles. The van der Waals surface area contributed by atoms with Gasteiger partial charge in [-0.25, -0.2) is 9.59 Å². The highest BCUT2D eigenvalue weighted by molar-refractivity contribution is 5.82. The molecule has 3 unspecified atom stereocenters. The van der Waals surface area contributed by atoms with E-state index in [2.05, 4.69) is 30.4 Å². The first-order chi connectivity index (χ1) is 8.92. The van der Waals surface area contributed by atoms with Gasteiger partial charge in [0.15, 0.2) is 0 Å². The molecule has 1 saturated carbocycles. The normalized spacial score (nSPS) is 27.9. The predicted molar refractivity (Wildman–Crippen MR) is 72.5 cm³/mol. The monoisotopic (exact) mass is 266 g/mol. The summed E-state index contributed by atoms with van der Waals surface area (Å²) < 4.78 is 0. The molecular formula is C14H22N2O3. The maximum Gasteiger partial charge on any atom is 0.327 e. The number of amides is 2. The third-order valence-corrected chi connectivity index (χ3v) is 3.44. The Bertz CT molecular complexity index is 365. The van der Waals surface area contributed by atoms with Crippen LogP contribution in [0.5, 0.6) is 0 Å². The van der Waals surface area contributed by atoms with E-state index in [-0.39, 0.29) is 12.5 Å². The van der Waals surface area contributed by atoms with Gasteiger partial charge < -0.3 is 15.7 Å². The van der Waals surface area contributed by atoms with Crippen molar-refractivity contribution >= 4 is 12.0 Å². The summed E-state index contributed by atoms with van der Waals surface area (Å²) in [5.74, 6) is 2.29. The van der Waals surface area contributed by atoms with Gasteiger partial charge in [-0.2, -0.15) is 0 Å². The van der Waals surface area contributed by atoms with Crippen LogP contribution in [0, 0.1) is 24.2 Å². The molecule has 0 radical (unpaired) electrons. The van der Waals surface area contributed by atoms with E-state index in [1.807, 2.05) is 0 Å². The lowest BCUT2D eigenvalue weighted by molar-refractivity contribution is -0.139. The number of carboxylic acids is 1. The number of urea groups is 1. The number of carbonyl (C=O) groups is 2. The first-order valence-corrected chi connectivity index (χ1v) is 6.65. The number of aliphatic carboxylic acids is 1. The van der Waals surface area contributed by atoms with Gasteiger partial charge in [-0.05, 0) is 31.1 Å². The zero-order valence-electron chi connectivity index (χ0n) is 11.5. The molecule has 19 heavy (non-hydrogen) atoms. The Balaban J connectivity index is 2.46. The van der Waals surface area contributed by atoms with E-state index < -0.39 is 18.0 Å². The van der Waals surface area contributed by atoms with Crippen LogP contribution in [0.2, 0.25) is 0 Å². The highest BCUT2D eigenvalue weighted by atomic mass is 16.4. The van der Waals surface area contributed by atoms with Crippen LogP contribution < -0.4 is 10.6 Å². The van der Waals surface area contributed by atoms with Gasteiger partial charge in [0.1, 0.15) is 6.04 Å². The van der Waals surface area contributed by atoms with Crippen molar-refractivity contribution < 1.29 is 14.7 Å². The number of carbonyl (C=O) groups excluding carboxylic acids is 1. The Morgan fingerprint density at radius 3 is 2.37 bits per heavy atom. The van der Waals surface area contributed by atoms with Crippen LogP contribution >= 0.6 is 0 Å². The average Bonchev–Trinajstić information content (AvgIpc) is 2.26. The van der Waals surface area contributed by atoms with Crippen LogP contribution in [0.25, 0.3) is 0 Å². The molecule has 1 rings (SSSR count). The Labute approximate surface area is 114 Å². The summed E-state index contributed by atoms with van der Waals surface area (Å²) >= 11 is 0. The lowest BCUT2D eigenvalue weighted by atomic mass is 9.80. The fourth-order valence-electron chi connectivity index (χ4n) is 2.77. The molecule has 1 fully saturated rings. The first kappa shape index (κ1) is 15.4. The smallest absolute Gasteiger partial charge is 0.327 e. The summed E-state index contributed by atoms with van der Waals surface area (Å²) in [6, 6.07) is -1.36. The number of terminal acetylenes is 1. The largest absolute Gasteiger partial charge is 0.480 e. The van der Waals surface area contributed by atoms with Crippen molar-refractivity contribution in [1.29, 1.82) is 0 Å². The number of carboxylic acid groups (broad SMARTS) is 1. The highest BCUT2D eigenvalue weighted by Gasteiger charge is 2.26. The molecule has 2 amide bonds. The molecule has 3 atom stereocenters. The molecule has 1 aliphatic rings. The van der Waals surface area contributed by atoms with E-state index >= 15 is 0 Å². The van der Waals surface area contributed by atoms with E-state index in [1.165, 1.54) is 6.42 Å². The van der Waals surface area contributed by atoms with Crippen molar-refractivity contribution in [3.63, 3.8) is 0 Å². The summed E-state index contributed by atoms with van der Waals surface area (Å²) in [4.78, 5) is 22.6. The Kier molecular flexibility index (Phi) is 5.68. The van der Waals surface area contributed by atoms with E-state index in [0.717, 1.165) is 12.8 Å². The van der Waals surface area contributed by atoms with Crippen molar-refractivity contribution in [3.8, 4) is 12.3 Å². The molecule has 0 aromatic heterocycles. The summed E-state index contributed by atoms with van der Waals surface area (Å²) in [6.07, 6.45) is 8.11. The molecule has 1 aliphatic carbocycles. The van der Waals surface area contributed by atoms with Gasteiger partial charge in [-0.3, -0.25) is 0 Å². The second-order valence-electron chi connectivity index (χ2n) is 5.53. The molecule has 0 bridgehead atoms. The standard InChI is InChI=1S/C14H22N2O3/c1-4-5-12(13(17)18)16-14(19)15-11-7-9(2)6-10(3)8-11/h1,9-12H,5-8H2,2-3H3,(H,17,18)(H2,15,16,19). The van der Waals surface area contributed by atoms with Gasteiger partial charge in [0.25, 0.3) is 0 Å². The molecule has 0 heterocycles. The van der Waals surface area contributed by atoms with Gasteiger partial charge in [0.2, 0.25) is 0 Å². The van der Waals surface area contributed by atoms with Crippen molar-refractivity contribution in [3.05, 3.63) is 0 Å². The number of hydrogen-bond acceptors (Lipinski definition) is 2. The minimum absolute atomic E-state index is 0.0137. The SMILES string of the molecule is C#CCC(NC(=O)NC1CC(C)CC(C)C1)C(=O)O. The van der Waals surface area contributed by atoms with Crippen molar-refractivity contribution in [2.45, 2.75) is 51.6 Å². The highest BCUT2D eigenvalue weighted by Crippen LogP contribution is 2.28. The Morgan fingerprint density at radius 2 is 1.89 bits per heavy atom. The minimum atomic E-state index is -1.11. The van der Waals surface area contributed by atoms with E-state index in [4.69, 9.17) is 11.5 Å². The molecule has 0 aromatic rings. The van der Waals surface area contributed by atoms with Crippen LogP contribution in [0.15, 0.2) is 0 Å². The number of nitrogens with one attached hydrogen (secondary N) is 2. The van der Waals surface area contributed by atoms with Gasteiger partial charge in [0.05, 0.1) is 0 Å². The van der Waals surface area contributed by atoms with E-state index in [9.17, 15) is 9.59 Å². The second-order valence-corrected chi connectivity index (χ2v) is 5.53. The van der Waals surface area contributed by atoms with Gasteiger partial charge in [-0.1, -0.05) is 13.8 Å². The van der Waals surface area contributed by atoms with Crippen molar-refractivity contribution in [1.82, 2.24) is 10.6 Å². The molecule has 5 heteroatoms.